The number of thiocarbonyl (C=S) groups is 1. The minimum Gasteiger partial charge on any atom is -0.480 e. The van der Waals surface area contributed by atoms with Crippen LogP contribution < -0.4 is 10.6 Å². The third-order valence-corrected chi connectivity index (χ3v) is 5.70. The maximum absolute atomic E-state index is 12.4. The summed E-state index contributed by atoms with van der Waals surface area (Å²) in [4.78, 5) is 24.3. The Kier molecular flexibility index (Phi) is 7.86. The van der Waals surface area contributed by atoms with Gasteiger partial charge in [0.15, 0.2) is 0 Å². The Hall–Kier alpha value is -2.09. The first kappa shape index (κ1) is 22.2. The van der Waals surface area contributed by atoms with E-state index >= 15 is 0 Å². The number of aliphatic carboxylic acids is 1. The highest BCUT2D eigenvalue weighted by Gasteiger charge is 2.38. The lowest BCUT2D eigenvalue weighted by molar-refractivity contribution is -0.139. The van der Waals surface area contributed by atoms with Crippen LogP contribution in [0.4, 0.5) is 0 Å². The van der Waals surface area contributed by atoms with Crippen LogP contribution in [0.25, 0.3) is 0 Å². The lowest BCUT2D eigenvalue weighted by atomic mass is 10.0. The number of thioether (sulfide) groups is 1. The largest absolute Gasteiger partial charge is 0.480 e. The molecule has 0 aromatic heterocycles. The van der Waals surface area contributed by atoms with Crippen molar-refractivity contribution in [2.24, 2.45) is 0 Å². The van der Waals surface area contributed by atoms with Gasteiger partial charge in [-0.1, -0.05) is 65.9 Å². The second-order valence-electron chi connectivity index (χ2n) is 6.58. The van der Waals surface area contributed by atoms with E-state index in [1.165, 1.54) is 11.8 Å². The number of carbonyl (C=O) groups is 2. The van der Waals surface area contributed by atoms with E-state index in [0.29, 0.717) is 21.5 Å². The molecule has 0 saturated carbocycles. The zero-order valence-electron chi connectivity index (χ0n) is 15.4. The first-order valence-corrected chi connectivity index (χ1v) is 10.1. The monoisotopic (exact) mass is 436 g/mol. The van der Waals surface area contributed by atoms with E-state index in [9.17, 15) is 14.7 Å². The lowest BCUT2D eigenvalue weighted by Gasteiger charge is -2.31. The Morgan fingerprint density at radius 1 is 1.14 bits per heavy atom. The summed E-state index contributed by atoms with van der Waals surface area (Å²) >= 11 is 12.4. The minimum absolute atomic E-state index is 0.334. The van der Waals surface area contributed by atoms with Crippen LogP contribution in [-0.4, -0.2) is 32.1 Å². The van der Waals surface area contributed by atoms with Gasteiger partial charge in [0.25, 0.3) is 5.91 Å². The van der Waals surface area contributed by atoms with Gasteiger partial charge in [-0.3, -0.25) is 4.79 Å². The molecule has 0 aliphatic carbocycles. The highest BCUT2D eigenvalue weighted by atomic mass is 35.5. The first-order valence-electron chi connectivity index (χ1n) is 8.49. The van der Waals surface area contributed by atoms with Crippen LogP contribution in [0.15, 0.2) is 54.6 Å². The number of hydrogen-bond acceptors (Lipinski definition) is 4. The van der Waals surface area contributed by atoms with Gasteiger partial charge >= 0.3 is 5.97 Å². The Bertz CT molecular complexity index is 842. The number of carboxylic acids is 1. The molecule has 8 heteroatoms. The number of carbonyl (C=O) groups excluding carboxylic acids is 1. The topological polar surface area (TPSA) is 78.4 Å². The van der Waals surface area contributed by atoms with Crippen LogP contribution in [0.1, 0.15) is 29.8 Å². The normalized spacial score (nSPS) is 12.1. The number of halogens is 1. The van der Waals surface area contributed by atoms with Crippen molar-refractivity contribution in [3.8, 4) is 0 Å². The van der Waals surface area contributed by atoms with E-state index in [4.69, 9.17) is 23.8 Å². The summed E-state index contributed by atoms with van der Waals surface area (Å²) in [5, 5.41) is 15.9. The molecule has 2 aromatic rings. The molecule has 0 unspecified atom stereocenters. The number of nitrogens with one attached hydrogen (secondary N) is 2. The molecule has 3 N–H and O–H groups in total. The van der Waals surface area contributed by atoms with Crippen molar-refractivity contribution in [2.75, 3.05) is 0 Å². The number of amides is 1. The molecule has 0 bridgehead atoms. The van der Waals surface area contributed by atoms with Gasteiger partial charge in [0.2, 0.25) is 0 Å². The van der Waals surface area contributed by atoms with Crippen LogP contribution in [0.2, 0.25) is 5.02 Å². The Morgan fingerprint density at radius 3 is 2.32 bits per heavy atom. The number of carboxylic acid groups (broad SMARTS) is 1. The van der Waals surface area contributed by atoms with Crippen molar-refractivity contribution in [3.05, 3.63) is 70.7 Å². The van der Waals surface area contributed by atoms with E-state index < -0.39 is 22.7 Å². The molecule has 0 radical (unpaired) electrons. The van der Waals surface area contributed by atoms with Gasteiger partial charge in [0, 0.05) is 21.9 Å². The fraction of sp³-hybridized carbons (Fsp3) is 0.250. The third-order valence-electron chi connectivity index (χ3n) is 3.96. The fourth-order valence-corrected chi connectivity index (χ4v) is 4.19. The van der Waals surface area contributed by atoms with E-state index in [1.54, 1.807) is 38.1 Å². The van der Waals surface area contributed by atoms with Gasteiger partial charge in [0.1, 0.15) is 10.4 Å². The predicted octanol–water partition coefficient (Wildman–Crippen LogP) is 4.11. The smallest absolute Gasteiger partial charge is 0.327 e. The second-order valence-corrected chi connectivity index (χ2v) is 9.35. The van der Waals surface area contributed by atoms with Crippen LogP contribution in [0.5, 0.6) is 0 Å². The van der Waals surface area contributed by atoms with Crippen molar-refractivity contribution in [3.63, 3.8) is 0 Å². The summed E-state index contributed by atoms with van der Waals surface area (Å²) in [5.74, 6) is -1.62. The predicted molar refractivity (Wildman–Crippen MR) is 118 cm³/mol. The van der Waals surface area contributed by atoms with E-state index in [2.05, 4.69) is 10.6 Å². The van der Waals surface area contributed by atoms with E-state index in [0.717, 1.165) is 5.56 Å². The van der Waals surface area contributed by atoms with Crippen molar-refractivity contribution in [2.45, 2.75) is 31.2 Å². The molecular formula is C20H21ClN2O3S2. The highest BCUT2D eigenvalue weighted by molar-refractivity contribution is 8.23. The summed E-state index contributed by atoms with van der Waals surface area (Å²) in [6.45, 7) is 4.00. The summed E-state index contributed by atoms with van der Waals surface area (Å²) in [6, 6.07) is 14.8. The molecule has 1 atom stereocenters. The Morgan fingerprint density at radius 2 is 1.75 bits per heavy atom. The Balaban J connectivity index is 2.01. The van der Waals surface area contributed by atoms with Crippen LogP contribution in [0, 0.1) is 0 Å². The molecule has 0 saturated heterocycles. The van der Waals surface area contributed by atoms with Crippen molar-refractivity contribution >= 4 is 51.8 Å². The number of benzene rings is 2. The summed E-state index contributed by atoms with van der Waals surface area (Å²) in [5.41, 5.74) is 1.40. The van der Waals surface area contributed by atoms with Crippen molar-refractivity contribution in [1.29, 1.82) is 0 Å². The molecule has 2 rings (SSSR count). The zero-order chi connectivity index (χ0) is 20.7. The standard InChI is InChI=1S/C20H21ClN2O3S2/c1-20(2,28-19(27)22-12-13-6-4-3-5-7-13)16(18(25)26)23-17(24)14-8-10-15(21)11-9-14/h3-11,16H,12H2,1-2H3,(H,22,27)(H,23,24)(H,25,26)/t16-/m1/s1. The minimum atomic E-state index is -1.14. The highest BCUT2D eigenvalue weighted by Crippen LogP contribution is 2.29. The average molecular weight is 437 g/mol. The molecular weight excluding hydrogens is 416 g/mol. The second kappa shape index (κ2) is 9.91. The van der Waals surface area contributed by atoms with Gasteiger partial charge < -0.3 is 15.7 Å². The van der Waals surface area contributed by atoms with Crippen molar-refractivity contribution in [1.82, 2.24) is 10.6 Å². The molecule has 0 spiro atoms. The van der Waals surface area contributed by atoms with Gasteiger partial charge in [-0.15, -0.1) is 0 Å². The molecule has 0 heterocycles. The van der Waals surface area contributed by atoms with Crippen LogP contribution in [0.3, 0.4) is 0 Å². The van der Waals surface area contributed by atoms with Gasteiger partial charge in [-0.05, 0) is 43.7 Å². The third kappa shape index (κ3) is 6.51. The summed E-state index contributed by atoms with van der Waals surface area (Å²) in [7, 11) is 0. The first-order chi connectivity index (χ1) is 13.2. The summed E-state index contributed by atoms with van der Waals surface area (Å²) < 4.78 is -0.421. The summed E-state index contributed by atoms with van der Waals surface area (Å²) in [6.07, 6.45) is 0. The number of rotatable bonds is 7. The molecule has 0 fully saturated rings. The van der Waals surface area contributed by atoms with Gasteiger partial charge in [-0.25, -0.2) is 4.79 Å². The zero-order valence-corrected chi connectivity index (χ0v) is 17.8. The molecule has 28 heavy (non-hydrogen) atoms. The molecule has 2 aromatic carbocycles. The van der Waals surface area contributed by atoms with Crippen LogP contribution in [-0.2, 0) is 11.3 Å². The lowest BCUT2D eigenvalue weighted by Crippen LogP contribution is -2.53. The van der Waals surface area contributed by atoms with Crippen molar-refractivity contribution < 1.29 is 14.7 Å². The molecule has 0 aliphatic heterocycles. The van der Waals surface area contributed by atoms with Gasteiger partial charge in [0.05, 0.1) is 0 Å². The SMILES string of the molecule is CC(C)(SC(=S)NCc1ccccc1)[C@H](NC(=O)c1ccc(Cl)cc1)C(=O)O. The number of hydrogen-bond donors (Lipinski definition) is 3. The van der Waals surface area contributed by atoms with E-state index in [-0.39, 0.29) is 0 Å². The van der Waals surface area contributed by atoms with Crippen LogP contribution >= 0.6 is 35.6 Å². The van der Waals surface area contributed by atoms with E-state index in [1.807, 2.05) is 30.3 Å². The molecule has 148 valence electrons. The van der Waals surface area contributed by atoms with Gasteiger partial charge in [-0.2, -0.15) is 0 Å². The maximum atomic E-state index is 12.4. The fourth-order valence-electron chi connectivity index (χ4n) is 2.45. The molecule has 0 aliphatic rings. The maximum Gasteiger partial charge on any atom is 0.327 e. The average Bonchev–Trinajstić information content (AvgIpc) is 2.65. The molecule has 1 amide bonds. The Labute approximate surface area is 178 Å². The molecule has 5 nitrogen and oxygen atoms in total. The quantitative estimate of drug-likeness (QED) is 0.567.